The number of nitrogens with zero attached hydrogens (tertiary/aromatic N) is 2. The van der Waals surface area contributed by atoms with Crippen LogP contribution in [-0.4, -0.2) is 28.4 Å². The first kappa shape index (κ1) is 13.2. The summed E-state index contributed by atoms with van der Waals surface area (Å²) in [4.78, 5) is 2.28. The molecule has 0 amide bonds. The Bertz CT molecular complexity index is 532. The number of fused-ring (bicyclic) bond motifs is 1. The fourth-order valence-electron chi connectivity index (χ4n) is 2.30. The second-order valence-electron chi connectivity index (χ2n) is 4.30. The summed E-state index contributed by atoms with van der Waals surface area (Å²) in [7, 11) is 0. The summed E-state index contributed by atoms with van der Waals surface area (Å²) >= 11 is 6.01. The summed E-state index contributed by atoms with van der Waals surface area (Å²) in [6.45, 7) is 3.05. The Hall–Kier alpha value is -1.25. The van der Waals surface area contributed by atoms with Crippen molar-refractivity contribution in [1.82, 2.24) is 4.90 Å². The highest BCUT2D eigenvalue weighted by Crippen LogP contribution is 2.14. The molecule has 0 bridgehead atoms. The van der Waals surface area contributed by atoms with Crippen LogP contribution in [-0.2, 0) is 6.54 Å². The maximum Gasteiger partial charge on any atom is 0.277 e. The van der Waals surface area contributed by atoms with Crippen LogP contribution in [0.3, 0.4) is 0 Å². The number of halogens is 2. The molecule has 0 aliphatic carbocycles. The van der Waals surface area contributed by atoms with Crippen molar-refractivity contribution >= 4 is 17.4 Å². The van der Waals surface area contributed by atoms with Gasteiger partial charge in [0.1, 0.15) is 19.6 Å². The lowest BCUT2D eigenvalue weighted by molar-refractivity contribution is -0.533. The van der Waals surface area contributed by atoms with E-state index in [1.807, 2.05) is 18.2 Å². The number of benzene rings is 1. The summed E-state index contributed by atoms with van der Waals surface area (Å²) in [5, 5.41) is 0.808. The van der Waals surface area contributed by atoms with Gasteiger partial charge in [0.15, 0.2) is 0 Å². The quantitative estimate of drug-likeness (QED) is 0.672. The first-order chi connectivity index (χ1) is 8.33. The van der Waals surface area contributed by atoms with E-state index in [0.29, 0.717) is 0 Å². The molecule has 94 valence electrons. The Morgan fingerprint density at radius 1 is 1.28 bits per heavy atom. The van der Waals surface area contributed by atoms with E-state index in [4.69, 9.17) is 11.6 Å². The molecule has 0 aromatic heterocycles. The highest BCUT2D eigenvalue weighted by atomic mass is 35.5. The Morgan fingerprint density at radius 2 is 2.17 bits per heavy atom. The zero-order valence-corrected chi connectivity index (χ0v) is 11.4. The van der Waals surface area contributed by atoms with Crippen molar-refractivity contribution in [2.75, 3.05) is 13.1 Å². The molecule has 2 aliphatic heterocycles. The monoisotopic (exact) mass is 280 g/mol. The predicted octanol–water partition coefficient (Wildman–Crippen LogP) is -0.346. The number of rotatable bonds is 2. The van der Waals surface area contributed by atoms with Gasteiger partial charge in [-0.3, -0.25) is 4.58 Å². The van der Waals surface area contributed by atoms with Crippen LogP contribution >= 0.6 is 11.6 Å². The molecule has 0 spiro atoms. The molecule has 3 rings (SSSR count). The van der Waals surface area contributed by atoms with Crippen LogP contribution in [0.4, 0.5) is 0 Å². The number of hydrogen-bond acceptors (Lipinski definition) is 1. The van der Waals surface area contributed by atoms with E-state index in [1.54, 1.807) is 0 Å². The third-order valence-electron chi connectivity index (χ3n) is 3.11. The maximum atomic E-state index is 6.01. The molecule has 0 radical (unpaired) electrons. The standard InChI is InChI=1S/C14H14ClN2.ClH/c15-13-5-3-4-12(10-13)11-17-9-8-16-7-2-1-6-14(16)17;/h1-7,10H,8-9,11H2;1H/q+1;/p-1. The summed E-state index contributed by atoms with van der Waals surface area (Å²) in [6.07, 6.45) is 8.46. The first-order valence-corrected chi connectivity index (χ1v) is 6.18. The molecule has 18 heavy (non-hydrogen) atoms. The van der Waals surface area contributed by atoms with Gasteiger partial charge in [-0.2, -0.15) is 0 Å². The van der Waals surface area contributed by atoms with E-state index in [2.05, 4.69) is 40.0 Å². The van der Waals surface area contributed by atoms with Crippen molar-refractivity contribution in [2.24, 2.45) is 0 Å². The van der Waals surface area contributed by atoms with Gasteiger partial charge in [-0.25, -0.2) is 4.90 Å². The summed E-state index contributed by atoms with van der Waals surface area (Å²) in [5.41, 5.74) is 1.26. The molecule has 0 fully saturated rings. The van der Waals surface area contributed by atoms with Gasteiger partial charge in [-0.05, 0) is 23.8 Å². The molecule has 0 saturated carbocycles. The molecule has 2 aliphatic rings. The van der Waals surface area contributed by atoms with Crippen molar-refractivity contribution in [2.45, 2.75) is 6.54 Å². The third-order valence-corrected chi connectivity index (χ3v) is 3.35. The van der Waals surface area contributed by atoms with Gasteiger partial charge < -0.3 is 12.4 Å². The van der Waals surface area contributed by atoms with Crippen LogP contribution < -0.4 is 12.4 Å². The second kappa shape index (κ2) is 5.59. The first-order valence-electron chi connectivity index (χ1n) is 5.81. The highest BCUT2D eigenvalue weighted by molar-refractivity contribution is 6.30. The van der Waals surface area contributed by atoms with E-state index >= 15 is 0 Å². The lowest BCUT2D eigenvalue weighted by Gasteiger charge is -2.08. The van der Waals surface area contributed by atoms with Gasteiger partial charge in [0.25, 0.3) is 5.84 Å². The van der Waals surface area contributed by atoms with Crippen LogP contribution in [0.1, 0.15) is 5.56 Å². The third kappa shape index (κ3) is 2.60. The predicted molar refractivity (Wildman–Crippen MR) is 70.3 cm³/mol. The van der Waals surface area contributed by atoms with Gasteiger partial charge in [-0.15, -0.1) is 0 Å². The molecule has 0 saturated heterocycles. The Balaban J connectivity index is 0.00000120. The van der Waals surface area contributed by atoms with Gasteiger partial charge in [0, 0.05) is 11.1 Å². The zero-order chi connectivity index (χ0) is 11.7. The minimum atomic E-state index is 0. The van der Waals surface area contributed by atoms with E-state index in [-0.39, 0.29) is 12.4 Å². The van der Waals surface area contributed by atoms with Gasteiger partial charge in [0.05, 0.1) is 6.20 Å². The summed E-state index contributed by atoms with van der Waals surface area (Å²) in [6, 6.07) is 8.08. The van der Waals surface area contributed by atoms with Crippen LogP contribution in [0.5, 0.6) is 0 Å². The number of amidine groups is 1. The lowest BCUT2D eigenvalue weighted by atomic mass is 10.2. The van der Waals surface area contributed by atoms with Crippen LogP contribution in [0.2, 0.25) is 5.02 Å². The topological polar surface area (TPSA) is 6.25 Å². The molecule has 4 heteroatoms. The smallest absolute Gasteiger partial charge is 0.277 e. The van der Waals surface area contributed by atoms with Gasteiger partial charge in [0.2, 0.25) is 0 Å². The molecule has 1 aromatic carbocycles. The minimum absolute atomic E-state index is 0. The molecular formula is C14H14Cl2N2. The van der Waals surface area contributed by atoms with Crippen LogP contribution in [0, 0.1) is 0 Å². The SMILES string of the molecule is Clc1cccc(C[N+]2=C3C=CC=CN3CC2)c1.[Cl-]. The van der Waals surface area contributed by atoms with Crippen LogP contribution in [0.25, 0.3) is 0 Å². The fraction of sp³-hybridized carbons (Fsp3) is 0.214. The molecule has 2 nitrogen and oxygen atoms in total. The minimum Gasteiger partial charge on any atom is -1.00 e. The zero-order valence-electron chi connectivity index (χ0n) is 9.89. The molecular weight excluding hydrogens is 267 g/mol. The van der Waals surface area contributed by atoms with Crippen molar-refractivity contribution in [1.29, 1.82) is 0 Å². The van der Waals surface area contributed by atoms with E-state index in [9.17, 15) is 0 Å². The second-order valence-corrected chi connectivity index (χ2v) is 4.74. The maximum absolute atomic E-state index is 6.01. The van der Waals surface area contributed by atoms with Gasteiger partial charge >= 0.3 is 0 Å². The van der Waals surface area contributed by atoms with Crippen molar-refractivity contribution in [3.63, 3.8) is 0 Å². The van der Waals surface area contributed by atoms with E-state index in [1.165, 1.54) is 11.4 Å². The molecule has 1 aromatic rings. The molecule has 0 N–H and O–H groups in total. The average Bonchev–Trinajstić information content (AvgIpc) is 2.73. The van der Waals surface area contributed by atoms with Crippen molar-refractivity contribution < 1.29 is 17.0 Å². The van der Waals surface area contributed by atoms with Gasteiger partial charge in [-0.1, -0.05) is 29.8 Å². The summed E-state index contributed by atoms with van der Waals surface area (Å²) < 4.78 is 2.38. The Labute approximate surface area is 118 Å². The highest BCUT2D eigenvalue weighted by Gasteiger charge is 2.27. The lowest BCUT2D eigenvalue weighted by Crippen LogP contribution is -3.00. The van der Waals surface area contributed by atoms with Crippen molar-refractivity contribution in [3.05, 3.63) is 59.3 Å². The average molecular weight is 281 g/mol. The number of allylic oxidation sites excluding steroid dienone is 2. The fourth-order valence-corrected chi connectivity index (χ4v) is 2.52. The van der Waals surface area contributed by atoms with Crippen LogP contribution in [0.15, 0.2) is 48.7 Å². The Morgan fingerprint density at radius 3 is 3.00 bits per heavy atom. The molecule has 2 heterocycles. The normalized spacial score (nSPS) is 16.8. The molecule has 0 unspecified atom stereocenters. The largest absolute Gasteiger partial charge is 1.00 e. The molecule has 0 atom stereocenters. The van der Waals surface area contributed by atoms with E-state index < -0.39 is 0 Å². The number of hydrogen-bond donors (Lipinski definition) is 0. The van der Waals surface area contributed by atoms with E-state index in [0.717, 1.165) is 24.7 Å². The Kier molecular flexibility index (Phi) is 4.10. The van der Waals surface area contributed by atoms with Crippen molar-refractivity contribution in [3.8, 4) is 0 Å². The summed E-state index contributed by atoms with van der Waals surface area (Å²) in [5.74, 6) is 1.28.